The van der Waals surface area contributed by atoms with Gasteiger partial charge in [0, 0.05) is 88.3 Å². The number of ketones is 2. The smallest absolute Gasteiger partial charge is 0.330 e. The van der Waals surface area contributed by atoms with E-state index in [9.17, 15) is 32.5 Å². The van der Waals surface area contributed by atoms with Gasteiger partial charge in [0.15, 0.2) is 44.6 Å². The fourth-order valence-corrected chi connectivity index (χ4v) is 21.2. The summed E-state index contributed by atoms with van der Waals surface area (Å²) in [5.74, 6) is 3.49. The molecule has 130 heavy (non-hydrogen) atoms. The Bertz CT molecular complexity index is 6810. The Morgan fingerprint density at radius 3 is 1.28 bits per heavy atom. The average molecular weight is 1870 g/mol. The summed E-state index contributed by atoms with van der Waals surface area (Å²) < 4.78 is 42.6. The molecule has 19 rings (SSSR count). The van der Waals surface area contributed by atoms with Gasteiger partial charge in [-0.05, 0) is 220 Å². The molecule has 0 bridgehead atoms. The maximum absolute atomic E-state index is 12.8. The number of benzene rings is 8. The summed E-state index contributed by atoms with van der Waals surface area (Å²) in [7, 11) is -3.10. The monoisotopic (exact) mass is 1870 g/mol. The standard InChI is InChI=1S/C14H13N3S.C14H14OS.C13H11N3S.C13H13NOS.C13H14O2S2.C13H12O2.C12H8FN3S.C11H11BOS/c1-9-4-3-5-10(2)13(9)11-6-7-12(18-11)14-15-8-16-17-14;1-10-3-8-14(16-10)9-12-4-6-13(7-5-12)11(2)15;1-9-2-4-10(5-3-9)11-6-7-12(17-11)13-14-8-15-16-13;1-8-5-4-6-9(2)12(8)13-14-7-11(16-13)10(3)15;1-9-5-4-6-10(2)13(9)11-7-8-12(16-11)17(3,14)15;1-9-3-5-11(6-4-9)13-8-7-12(15-13)10(2)14;13-9-3-1-8(2-4-9)10-5-6-11(17-10)12-14-7-15-16-12;1-12(13)11-8-7-10(14-11)9-5-3-2-4-6-9/h3-8H,1-2H3,(H,15,16,17);3-8,15H,2,9H2,1H3;2-8H,1H3,(H,14,15,16);4-7H,1-3H3;4-8H,1-3H3;3-8H,1-2H3;1-7H,(H,14,15,16);2-8,13H,1H3. The van der Waals surface area contributed by atoms with Crippen LogP contribution in [0.25, 0.3) is 112 Å². The predicted octanol–water partition coefficient (Wildman–Crippen LogP) is 27.6. The van der Waals surface area contributed by atoms with Gasteiger partial charge in [-0.1, -0.05) is 200 Å². The van der Waals surface area contributed by atoms with Crippen molar-refractivity contribution < 1.29 is 36.9 Å². The molecular formula is C103H96BFN10O7S8. The Hall–Kier alpha value is -12.9. The zero-order chi connectivity index (χ0) is 92.5. The lowest BCUT2D eigenvalue weighted by atomic mass is 9.70. The highest BCUT2D eigenvalue weighted by Crippen LogP contribution is 2.40. The molecule has 0 fully saturated rings. The van der Waals surface area contributed by atoms with E-state index in [2.05, 4.69) is 208 Å². The highest BCUT2D eigenvalue weighted by Gasteiger charge is 2.18. The Kier molecular flexibility index (Phi) is 33.9. The van der Waals surface area contributed by atoms with Crippen LogP contribution in [0, 0.1) is 68.1 Å². The average Bonchev–Trinajstić information content (AvgIpc) is 1.69. The number of furan rings is 1. The third kappa shape index (κ3) is 26.9. The van der Waals surface area contributed by atoms with Crippen LogP contribution in [0.5, 0.6) is 0 Å². The largest absolute Gasteiger partial charge is 0.508 e. The Morgan fingerprint density at radius 1 is 0.431 bits per heavy atom. The van der Waals surface area contributed by atoms with Gasteiger partial charge >= 0.3 is 6.92 Å². The number of H-pyrrole nitrogens is 3. The number of aromatic amines is 3. The number of hydrogen-bond donors (Lipinski definition) is 5. The molecule has 0 atom stereocenters. The van der Waals surface area contributed by atoms with Crippen molar-refractivity contribution >= 4 is 118 Å². The lowest BCUT2D eigenvalue weighted by Crippen LogP contribution is -2.21. The first-order valence-corrected chi connectivity index (χ1v) is 48.8. The third-order valence-corrected chi connectivity index (χ3v) is 29.8. The van der Waals surface area contributed by atoms with E-state index < -0.39 is 9.84 Å². The third-order valence-electron chi connectivity index (χ3n) is 20.0. The summed E-state index contributed by atoms with van der Waals surface area (Å²) in [6.07, 6.45) is 8.40. The number of thiazole rings is 1. The number of rotatable bonds is 17. The number of aryl methyl sites for hydroxylation is 9. The number of nitrogens with zero attached hydrogens (tertiary/aromatic N) is 7. The molecule has 11 heterocycles. The molecule has 658 valence electrons. The van der Waals surface area contributed by atoms with E-state index in [-0.39, 0.29) is 30.1 Å². The molecule has 17 nitrogen and oxygen atoms in total. The van der Waals surface area contributed by atoms with E-state index in [1.165, 1.54) is 158 Å². The molecule has 0 saturated carbocycles. The van der Waals surface area contributed by atoms with Crippen molar-refractivity contribution in [1.82, 2.24) is 50.5 Å². The molecule has 27 heteroatoms. The first kappa shape index (κ1) is 96.2. The number of aromatic nitrogens is 10. The van der Waals surface area contributed by atoms with Gasteiger partial charge in [-0.2, -0.15) is 15.3 Å². The highest BCUT2D eigenvalue weighted by molar-refractivity contribution is 7.92. The summed E-state index contributed by atoms with van der Waals surface area (Å²) in [4.78, 5) is 51.5. The van der Waals surface area contributed by atoms with E-state index in [0.717, 1.165) is 96.5 Å². The number of halogens is 1. The van der Waals surface area contributed by atoms with Gasteiger partial charge < -0.3 is 14.5 Å². The van der Waals surface area contributed by atoms with Crippen molar-refractivity contribution in [2.45, 2.75) is 93.6 Å². The van der Waals surface area contributed by atoms with E-state index in [0.29, 0.717) is 9.97 Å². The number of Topliss-reactive ketones (excluding diaryl/α,β-unsaturated/α-hetero) is 2. The fraction of sp³-hybridized carbons (Fsp3) is 0.136. The number of nitrogens with one attached hydrogen (secondary N) is 3. The zero-order valence-corrected chi connectivity index (χ0v) is 80.4. The van der Waals surface area contributed by atoms with E-state index >= 15 is 0 Å². The van der Waals surface area contributed by atoms with Crippen molar-refractivity contribution in [3.05, 3.63) is 381 Å². The molecular weight excluding hydrogens is 1780 g/mol. The van der Waals surface area contributed by atoms with Crippen LogP contribution in [0.15, 0.2) is 307 Å². The first-order chi connectivity index (χ1) is 62.5. The summed E-state index contributed by atoms with van der Waals surface area (Å²) in [6, 6.07) is 87.6. The van der Waals surface area contributed by atoms with Crippen molar-refractivity contribution in [3.8, 4) is 106 Å². The van der Waals surface area contributed by atoms with Crippen LogP contribution in [0.1, 0.15) is 99.5 Å². The summed E-state index contributed by atoms with van der Waals surface area (Å²) in [5, 5.41) is 39.7. The van der Waals surface area contributed by atoms with Gasteiger partial charge in [0.05, 0.1) is 19.5 Å². The second-order valence-electron chi connectivity index (χ2n) is 30.3. The quantitative estimate of drug-likeness (QED) is 0.0323. The maximum atomic E-state index is 12.8. The summed E-state index contributed by atoms with van der Waals surface area (Å²) in [6.45, 7) is 26.8. The predicted molar refractivity (Wildman–Crippen MR) is 541 cm³/mol. The molecule has 8 aromatic carbocycles. The second kappa shape index (κ2) is 45.9. The topological polar surface area (TPSA) is 259 Å². The van der Waals surface area contributed by atoms with Crippen LogP contribution in [-0.4, -0.2) is 93.8 Å². The van der Waals surface area contributed by atoms with Gasteiger partial charge in [-0.3, -0.25) is 24.9 Å². The van der Waals surface area contributed by atoms with Crippen LogP contribution in [0.2, 0.25) is 6.82 Å². The number of hydrogen-bond acceptors (Lipinski definition) is 21. The van der Waals surface area contributed by atoms with Crippen LogP contribution >= 0.6 is 79.4 Å². The van der Waals surface area contributed by atoms with Gasteiger partial charge in [-0.25, -0.2) is 32.7 Å². The lowest BCUT2D eigenvalue weighted by molar-refractivity contribution is 0.0986. The van der Waals surface area contributed by atoms with Crippen LogP contribution in [0.3, 0.4) is 0 Å². The first-order valence-electron chi connectivity index (χ1n) is 41.2. The minimum absolute atomic E-state index is 0.0478. The molecule has 0 radical (unpaired) electrons. The van der Waals surface area contributed by atoms with E-state index in [4.69, 9.17) is 4.42 Å². The summed E-state index contributed by atoms with van der Waals surface area (Å²) in [5.41, 5.74) is 20.0. The van der Waals surface area contributed by atoms with Crippen LogP contribution < -0.4 is 4.78 Å². The fourth-order valence-electron chi connectivity index (χ4n) is 13.2. The molecule has 5 N–H and O–H groups in total. The normalized spacial score (nSPS) is 10.6. The Labute approximate surface area is 785 Å². The Balaban J connectivity index is 0.000000135. The molecule has 0 aliphatic carbocycles. The maximum Gasteiger partial charge on any atom is 0.330 e. The SMILES string of the molecule is C=C(O)c1ccc(Cc2ccc(C)s2)cc1.CB(O)c1ccc(-c2ccccc2)s1.CC(=O)c1ccc(-c2ccc(C)cc2)o1.CC(=O)c1cnc(-c2c(C)cccc2C)s1.Cc1ccc(-c2ccc(-c3ncn[nH]3)s2)cc1.Cc1cccc(C)c1-c1ccc(-c2ncn[nH]2)s1.Cc1cccc(C)c1-c1ccc(S(C)(=O)=O)s1.Fc1ccc(-c2ccc(-c3ncn[nH]3)s2)cc1. The van der Waals surface area contributed by atoms with Crippen LogP contribution in [-0.2, 0) is 16.3 Å². The van der Waals surface area contributed by atoms with Crippen molar-refractivity contribution in [3.63, 3.8) is 0 Å². The lowest BCUT2D eigenvalue weighted by Gasteiger charge is -2.06. The van der Waals surface area contributed by atoms with E-state index in [1.807, 2.05) is 153 Å². The number of thiophene rings is 6. The molecule has 0 aliphatic heterocycles. The van der Waals surface area contributed by atoms with Crippen LogP contribution in [0.4, 0.5) is 4.39 Å². The van der Waals surface area contributed by atoms with Gasteiger partial charge in [0.1, 0.15) is 45.5 Å². The highest BCUT2D eigenvalue weighted by atomic mass is 32.2. The zero-order valence-electron chi connectivity index (χ0n) is 73.9. The molecule has 0 amide bonds. The van der Waals surface area contributed by atoms with Crippen molar-refractivity contribution in [2.75, 3.05) is 6.26 Å². The van der Waals surface area contributed by atoms with Gasteiger partial charge in [-0.15, -0.1) is 79.4 Å². The molecule has 0 aliphatic rings. The minimum atomic E-state index is -3.10. The Morgan fingerprint density at radius 2 is 0.862 bits per heavy atom. The number of aliphatic hydroxyl groups is 1. The summed E-state index contributed by atoms with van der Waals surface area (Å²) >= 11 is 11.3. The molecule has 19 aromatic rings. The van der Waals surface area contributed by atoms with Gasteiger partial charge in [0.2, 0.25) is 0 Å². The second-order valence-corrected chi connectivity index (χ2v) is 40.4. The number of carbonyl (C=O) groups is 2. The molecule has 0 spiro atoms. The number of sulfone groups is 1. The van der Waals surface area contributed by atoms with Crippen molar-refractivity contribution in [1.29, 1.82) is 0 Å². The van der Waals surface area contributed by atoms with Gasteiger partial charge in [0.25, 0.3) is 0 Å². The van der Waals surface area contributed by atoms with Crippen molar-refractivity contribution in [2.24, 2.45) is 0 Å². The molecule has 0 saturated heterocycles. The number of carbonyl (C=O) groups excluding carboxylic acids is 2. The molecule has 11 aromatic heterocycles. The minimum Gasteiger partial charge on any atom is -0.508 e. The van der Waals surface area contributed by atoms with E-state index in [1.54, 1.807) is 89.6 Å². The number of aliphatic hydroxyl groups excluding tert-OH is 1. The molecule has 0 unspecified atom stereocenters.